The molecule has 0 aliphatic rings. The molecule has 0 unspecified atom stereocenters. The Balaban J connectivity index is 2.03. The molecule has 2 aromatic carbocycles. The van der Waals surface area contributed by atoms with Gasteiger partial charge in [0.25, 0.3) is 0 Å². The number of aliphatic imine (C=N–C) groups is 1. The Morgan fingerprint density at radius 2 is 1.76 bits per heavy atom. The molecule has 0 radical (unpaired) electrons. The lowest BCUT2D eigenvalue weighted by Crippen LogP contribution is -1.87. The van der Waals surface area contributed by atoms with Gasteiger partial charge in [0.15, 0.2) is 0 Å². The molecule has 2 rings (SSSR count). The third kappa shape index (κ3) is 3.53. The van der Waals surface area contributed by atoms with E-state index in [1.807, 2.05) is 30.5 Å². The van der Waals surface area contributed by atoms with Crippen molar-refractivity contribution in [3.63, 3.8) is 0 Å². The summed E-state index contributed by atoms with van der Waals surface area (Å²) >= 11 is 3.42. The molecule has 0 N–H and O–H groups in total. The summed E-state index contributed by atoms with van der Waals surface area (Å²) in [4.78, 5) is 4.46. The number of halogens is 1. The number of aryl methyl sites for hydroxylation is 1. The molecule has 0 amide bonds. The van der Waals surface area contributed by atoms with Gasteiger partial charge in [-0.1, -0.05) is 52.3 Å². The fraction of sp³-hybridized carbons (Fsp3) is 0.133. The van der Waals surface area contributed by atoms with Crippen molar-refractivity contribution in [2.75, 3.05) is 0 Å². The van der Waals surface area contributed by atoms with Gasteiger partial charge >= 0.3 is 0 Å². The van der Waals surface area contributed by atoms with Gasteiger partial charge in [-0.15, -0.1) is 0 Å². The molecule has 0 bridgehead atoms. The molecule has 0 aromatic heterocycles. The normalized spacial score (nSPS) is 10.9. The molecule has 0 saturated heterocycles. The number of benzene rings is 2. The summed E-state index contributed by atoms with van der Waals surface area (Å²) in [5.74, 6) is 0. The lowest BCUT2D eigenvalue weighted by molar-refractivity contribution is 1.07. The van der Waals surface area contributed by atoms with Crippen molar-refractivity contribution in [1.29, 1.82) is 0 Å². The minimum Gasteiger partial charge on any atom is -0.288 e. The average molecular weight is 288 g/mol. The van der Waals surface area contributed by atoms with E-state index in [1.54, 1.807) is 0 Å². The summed E-state index contributed by atoms with van der Waals surface area (Å²) in [7, 11) is 0. The van der Waals surface area contributed by atoms with Crippen molar-refractivity contribution >= 4 is 22.1 Å². The zero-order valence-corrected chi connectivity index (χ0v) is 11.3. The topological polar surface area (TPSA) is 12.4 Å². The van der Waals surface area contributed by atoms with Crippen molar-refractivity contribution < 1.29 is 0 Å². The highest BCUT2D eigenvalue weighted by atomic mass is 79.9. The summed E-state index contributed by atoms with van der Waals surface area (Å²) in [6, 6.07) is 16.5. The summed E-state index contributed by atoms with van der Waals surface area (Å²) < 4.78 is 1.10. The van der Waals surface area contributed by atoms with Gasteiger partial charge < -0.3 is 0 Å². The maximum atomic E-state index is 4.46. The van der Waals surface area contributed by atoms with Crippen LogP contribution in [0.5, 0.6) is 0 Å². The van der Waals surface area contributed by atoms with E-state index in [2.05, 4.69) is 52.1 Å². The van der Waals surface area contributed by atoms with Crippen LogP contribution in [0.1, 0.15) is 16.7 Å². The summed E-state index contributed by atoms with van der Waals surface area (Å²) in [5, 5.41) is 0. The molecular weight excluding hydrogens is 274 g/mol. The number of rotatable bonds is 3. The largest absolute Gasteiger partial charge is 0.288 e. The van der Waals surface area contributed by atoms with E-state index in [0.717, 1.165) is 11.0 Å². The highest BCUT2D eigenvalue weighted by Crippen LogP contribution is 2.11. The summed E-state index contributed by atoms with van der Waals surface area (Å²) in [6.45, 7) is 2.82. The molecule has 0 fully saturated rings. The Morgan fingerprint density at radius 1 is 1.06 bits per heavy atom. The Morgan fingerprint density at radius 3 is 2.47 bits per heavy atom. The molecular formula is C15H14BrN. The molecule has 17 heavy (non-hydrogen) atoms. The minimum atomic E-state index is 0.724. The van der Waals surface area contributed by atoms with Crippen LogP contribution in [0.3, 0.4) is 0 Å². The van der Waals surface area contributed by atoms with Gasteiger partial charge in [0, 0.05) is 10.7 Å². The molecule has 0 aliphatic heterocycles. The fourth-order valence-corrected chi connectivity index (χ4v) is 1.84. The van der Waals surface area contributed by atoms with E-state index in [0.29, 0.717) is 0 Å². The van der Waals surface area contributed by atoms with Gasteiger partial charge in [-0.05, 0) is 35.7 Å². The van der Waals surface area contributed by atoms with E-state index in [1.165, 1.54) is 16.7 Å². The molecule has 0 spiro atoms. The van der Waals surface area contributed by atoms with Gasteiger partial charge in [0.2, 0.25) is 0 Å². The Kier molecular flexibility index (Phi) is 4.10. The molecule has 0 aliphatic carbocycles. The first-order valence-electron chi connectivity index (χ1n) is 5.55. The van der Waals surface area contributed by atoms with Crippen LogP contribution in [0.2, 0.25) is 0 Å². The van der Waals surface area contributed by atoms with Crippen LogP contribution in [0.4, 0.5) is 0 Å². The monoisotopic (exact) mass is 287 g/mol. The highest BCUT2D eigenvalue weighted by Gasteiger charge is 1.93. The number of hydrogen-bond acceptors (Lipinski definition) is 1. The fourth-order valence-electron chi connectivity index (χ4n) is 1.57. The van der Waals surface area contributed by atoms with Gasteiger partial charge in [-0.3, -0.25) is 4.99 Å². The summed E-state index contributed by atoms with van der Waals surface area (Å²) in [5.41, 5.74) is 3.66. The Labute approximate surface area is 110 Å². The third-order valence-corrected chi connectivity index (χ3v) is 3.13. The van der Waals surface area contributed by atoms with E-state index in [-0.39, 0.29) is 0 Å². The predicted octanol–water partition coefficient (Wildman–Crippen LogP) is 4.38. The molecule has 86 valence electrons. The van der Waals surface area contributed by atoms with E-state index >= 15 is 0 Å². The molecule has 2 aromatic rings. The van der Waals surface area contributed by atoms with Crippen molar-refractivity contribution in [2.45, 2.75) is 13.5 Å². The van der Waals surface area contributed by atoms with Crippen LogP contribution in [-0.4, -0.2) is 6.21 Å². The molecule has 0 heterocycles. The van der Waals surface area contributed by atoms with E-state index < -0.39 is 0 Å². The molecule has 0 atom stereocenters. The highest BCUT2D eigenvalue weighted by molar-refractivity contribution is 9.10. The predicted molar refractivity (Wildman–Crippen MR) is 76.6 cm³/mol. The Hall–Kier alpha value is -1.41. The zero-order valence-electron chi connectivity index (χ0n) is 9.73. The van der Waals surface area contributed by atoms with Crippen molar-refractivity contribution in [2.24, 2.45) is 4.99 Å². The maximum absolute atomic E-state index is 4.46. The standard InChI is InChI=1S/C15H14BrN/c1-12-4-2-3-5-14(12)11-17-10-13-6-8-15(16)9-7-13/h2-9,11H,10H2,1H3. The van der Waals surface area contributed by atoms with E-state index in [9.17, 15) is 0 Å². The lowest BCUT2D eigenvalue weighted by Gasteiger charge is -1.99. The second-order valence-corrected chi connectivity index (χ2v) is 4.87. The van der Waals surface area contributed by atoms with Crippen LogP contribution in [0.25, 0.3) is 0 Å². The zero-order chi connectivity index (χ0) is 12.1. The molecule has 2 heteroatoms. The van der Waals surface area contributed by atoms with Gasteiger partial charge in [-0.25, -0.2) is 0 Å². The lowest BCUT2D eigenvalue weighted by atomic mass is 10.1. The average Bonchev–Trinajstić information content (AvgIpc) is 2.34. The van der Waals surface area contributed by atoms with Crippen molar-refractivity contribution in [3.8, 4) is 0 Å². The van der Waals surface area contributed by atoms with Crippen LogP contribution in [0, 0.1) is 6.92 Å². The van der Waals surface area contributed by atoms with E-state index in [4.69, 9.17) is 0 Å². The first kappa shape index (κ1) is 12.1. The smallest absolute Gasteiger partial charge is 0.0639 e. The van der Waals surface area contributed by atoms with Gasteiger partial charge in [-0.2, -0.15) is 0 Å². The first-order valence-corrected chi connectivity index (χ1v) is 6.35. The number of nitrogens with zero attached hydrogens (tertiary/aromatic N) is 1. The Bertz CT molecular complexity index is 515. The second kappa shape index (κ2) is 5.78. The second-order valence-electron chi connectivity index (χ2n) is 3.95. The molecule has 0 saturated carbocycles. The quantitative estimate of drug-likeness (QED) is 0.743. The van der Waals surface area contributed by atoms with Crippen molar-refractivity contribution in [1.82, 2.24) is 0 Å². The van der Waals surface area contributed by atoms with Crippen LogP contribution >= 0.6 is 15.9 Å². The van der Waals surface area contributed by atoms with Crippen molar-refractivity contribution in [3.05, 3.63) is 69.7 Å². The first-order chi connectivity index (χ1) is 8.25. The van der Waals surface area contributed by atoms with Crippen LogP contribution in [-0.2, 0) is 6.54 Å². The van der Waals surface area contributed by atoms with Crippen LogP contribution < -0.4 is 0 Å². The number of hydrogen-bond donors (Lipinski definition) is 0. The SMILES string of the molecule is Cc1ccccc1C=NCc1ccc(Br)cc1. The van der Waals surface area contributed by atoms with Crippen LogP contribution in [0.15, 0.2) is 58.0 Å². The minimum absolute atomic E-state index is 0.724. The third-order valence-electron chi connectivity index (χ3n) is 2.61. The maximum Gasteiger partial charge on any atom is 0.0639 e. The van der Waals surface area contributed by atoms with Gasteiger partial charge in [0.05, 0.1) is 6.54 Å². The summed E-state index contributed by atoms with van der Waals surface area (Å²) in [6.07, 6.45) is 1.94. The molecule has 1 nitrogen and oxygen atoms in total. The van der Waals surface area contributed by atoms with Gasteiger partial charge in [0.1, 0.15) is 0 Å².